The van der Waals surface area contributed by atoms with Gasteiger partial charge in [-0.1, -0.05) is 32.1 Å². The molecular weight excluding hydrogens is 224 g/mol. The van der Waals surface area contributed by atoms with Gasteiger partial charge >= 0.3 is 0 Å². The molecule has 2 nitrogen and oxygen atoms in total. The molecule has 0 N–H and O–H groups in total. The minimum Gasteiger partial charge on any atom is -0.494 e. The lowest BCUT2D eigenvalue weighted by molar-refractivity contribution is 0.246. The van der Waals surface area contributed by atoms with Crippen molar-refractivity contribution in [1.82, 2.24) is 0 Å². The van der Waals surface area contributed by atoms with Gasteiger partial charge in [-0.15, -0.1) is 0 Å². The maximum atomic E-state index is 5.79. The summed E-state index contributed by atoms with van der Waals surface area (Å²) >= 11 is 0. The monoisotopic (exact) mass is 248 g/mol. The van der Waals surface area contributed by atoms with Crippen LogP contribution in [0.15, 0.2) is 24.3 Å². The second-order valence-corrected chi connectivity index (χ2v) is 5.05. The lowest BCUT2D eigenvalue weighted by Gasteiger charge is -2.21. The van der Waals surface area contributed by atoms with Crippen LogP contribution in [0.2, 0.25) is 0 Å². The standard InChI is InChI=1S/C16H24O2/c1-2-17-15-8-10-16(11-9-15)18-13-12-14-6-4-3-5-7-14/h8-11,14H,2-7,12-13H2,1H3. The molecule has 0 spiro atoms. The van der Waals surface area contributed by atoms with Gasteiger partial charge in [-0.25, -0.2) is 0 Å². The highest BCUT2D eigenvalue weighted by Crippen LogP contribution is 2.26. The summed E-state index contributed by atoms with van der Waals surface area (Å²) in [6, 6.07) is 7.93. The zero-order valence-electron chi connectivity index (χ0n) is 11.4. The van der Waals surface area contributed by atoms with Crippen LogP contribution >= 0.6 is 0 Å². The Kier molecular flexibility index (Phi) is 5.37. The molecule has 0 atom stereocenters. The summed E-state index contributed by atoms with van der Waals surface area (Å²) in [4.78, 5) is 0. The number of benzene rings is 1. The zero-order valence-corrected chi connectivity index (χ0v) is 11.4. The van der Waals surface area contributed by atoms with Gasteiger partial charge < -0.3 is 9.47 Å². The van der Waals surface area contributed by atoms with Crippen molar-refractivity contribution in [3.63, 3.8) is 0 Å². The first-order valence-electron chi connectivity index (χ1n) is 7.24. The van der Waals surface area contributed by atoms with Crippen LogP contribution in [0, 0.1) is 5.92 Å². The second kappa shape index (κ2) is 7.30. The first-order valence-corrected chi connectivity index (χ1v) is 7.24. The first kappa shape index (κ1) is 13.3. The van der Waals surface area contributed by atoms with Gasteiger partial charge in [0.25, 0.3) is 0 Å². The van der Waals surface area contributed by atoms with Crippen LogP contribution in [0.4, 0.5) is 0 Å². The van der Waals surface area contributed by atoms with E-state index in [0.717, 1.165) is 24.0 Å². The summed E-state index contributed by atoms with van der Waals surface area (Å²) < 4.78 is 11.2. The summed E-state index contributed by atoms with van der Waals surface area (Å²) in [5.74, 6) is 2.76. The molecule has 100 valence electrons. The molecule has 0 saturated heterocycles. The van der Waals surface area contributed by atoms with E-state index in [1.807, 2.05) is 31.2 Å². The van der Waals surface area contributed by atoms with E-state index in [1.165, 1.54) is 38.5 Å². The van der Waals surface area contributed by atoms with Crippen LogP contribution in [0.25, 0.3) is 0 Å². The molecule has 1 aromatic carbocycles. The molecule has 1 aliphatic rings. The third kappa shape index (κ3) is 4.25. The Morgan fingerprint density at radius 2 is 1.56 bits per heavy atom. The normalized spacial score (nSPS) is 16.5. The van der Waals surface area contributed by atoms with Gasteiger partial charge in [-0.05, 0) is 43.5 Å². The molecule has 1 saturated carbocycles. The van der Waals surface area contributed by atoms with Gasteiger partial charge in [-0.2, -0.15) is 0 Å². The van der Waals surface area contributed by atoms with Crippen LogP contribution < -0.4 is 9.47 Å². The minimum atomic E-state index is 0.710. The van der Waals surface area contributed by atoms with Crippen molar-refractivity contribution in [2.45, 2.75) is 45.4 Å². The van der Waals surface area contributed by atoms with Gasteiger partial charge in [0.1, 0.15) is 11.5 Å². The van der Waals surface area contributed by atoms with E-state index < -0.39 is 0 Å². The molecule has 0 bridgehead atoms. The van der Waals surface area contributed by atoms with E-state index in [2.05, 4.69) is 0 Å². The average molecular weight is 248 g/mol. The summed E-state index contributed by atoms with van der Waals surface area (Å²) in [5, 5.41) is 0. The fourth-order valence-electron chi connectivity index (χ4n) is 2.62. The zero-order chi connectivity index (χ0) is 12.6. The Hall–Kier alpha value is -1.18. The highest BCUT2D eigenvalue weighted by atomic mass is 16.5. The Morgan fingerprint density at radius 3 is 2.17 bits per heavy atom. The lowest BCUT2D eigenvalue weighted by Crippen LogP contribution is -2.10. The second-order valence-electron chi connectivity index (χ2n) is 5.05. The van der Waals surface area contributed by atoms with Gasteiger partial charge in [0.2, 0.25) is 0 Å². The quantitative estimate of drug-likeness (QED) is 0.741. The average Bonchev–Trinajstić information content (AvgIpc) is 2.42. The molecule has 1 aromatic rings. The van der Waals surface area contributed by atoms with Crippen molar-refractivity contribution >= 4 is 0 Å². The number of ether oxygens (including phenoxy) is 2. The molecule has 2 rings (SSSR count). The SMILES string of the molecule is CCOc1ccc(OCCC2CCCCC2)cc1. The number of rotatable bonds is 6. The smallest absolute Gasteiger partial charge is 0.119 e. The maximum Gasteiger partial charge on any atom is 0.119 e. The van der Waals surface area contributed by atoms with E-state index >= 15 is 0 Å². The van der Waals surface area contributed by atoms with Crippen molar-refractivity contribution in [3.05, 3.63) is 24.3 Å². The summed E-state index contributed by atoms with van der Waals surface area (Å²) in [7, 11) is 0. The molecule has 0 amide bonds. The topological polar surface area (TPSA) is 18.5 Å². The predicted molar refractivity (Wildman–Crippen MR) is 74.3 cm³/mol. The Balaban J connectivity index is 1.69. The highest BCUT2D eigenvalue weighted by molar-refractivity contribution is 5.31. The van der Waals surface area contributed by atoms with Gasteiger partial charge in [-0.3, -0.25) is 0 Å². The number of hydrogen-bond donors (Lipinski definition) is 0. The fraction of sp³-hybridized carbons (Fsp3) is 0.625. The van der Waals surface area contributed by atoms with E-state index in [9.17, 15) is 0 Å². The molecule has 1 fully saturated rings. The molecule has 0 aliphatic heterocycles. The van der Waals surface area contributed by atoms with E-state index in [4.69, 9.17) is 9.47 Å². The largest absolute Gasteiger partial charge is 0.494 e. The van der Waals surface area contributed by atoms with E-state index in [1.54, 1.807) is 0 Å². The maximum absolute atomic E-state index is 5.79. The van der Waals surface area contributed by atoms with E-state index in [-0.39, 0.29) is 0 Å². The summed E-state index contributed by atoms with van der Waals surface area (Å²) in [6.07, 6.45) is 8.24. The van der Waals surface area contributed by atoms with Gasteiger partial charge in [0, 0.05) is 0 Å². The predicted octanol–water partition coefficient (Wildman–Crippen LogP) is 4.43. The Morgan fingerprint density at radius 1 is 0.944 bits per heavy atom. The van der Waals surface area contributed by atoms with Crippen molar-refractivity contribution < 1.29 is 9.47 Å². The number of hydrogen-bond acceptors (Lipinski definition) is 2. The lowest BCUT2D eigenvalue weighted by atomic mass is 9.87. The van der Waals surface area contributed by atoms with Crippen LogP contribution in [0.1, 0.15) is 45.4 Å². The molecule has 2 heteroatoms. The minimum absolute atomic E-state index is 0.710. The van der Waals surface area contributed by atoms with Crippen LogP contribution in [-0.2, 0) is 0 Å². The highest BCUT2D eigenvalue weighted by Gasteiger charge is 2.12. The van der Waals surface area contributed by atoms with Crippen molar-refractivity contribution in [3.8, 4) is 11.5 Å². The van der Waals surface area contributed by atoms with Crippen LogP contribution in [0.5, 0.6) is 11.5 Å². The van der Waals surface area contributed by atoms with Crippen LogP contribution in [-0.4, -0.2) is 13.2 Å². The third-order valence-corrected chi connectivity index (χ3v) is 3.65. The fourth-order valence-corrected chi connectivity index (χ4v) is 2.62. The van der Waals surface area contributed by atoms with Crippen molar-refractivity contribution in [2.75, 3.05) is 13.2 Å². The van der Waals surface area contributed by atoms with Crippen molar-refractivity contribution in [1.29, 1.82) is 0 Å². The Bertz CT molecular complexity index is 325. The van der Waals surface area contributed by atoms with Gasteiger partial charge in [0.15, 0.2) is 0 Å². The molecule has 0 aromatic heterocycles. The summed E-state index contributed by atoms with van der Waals surface area (Å²) in [6.45, 7) is 3.55. The van der Waals surface area contributed by atoms with Crippen molar-refractivity contribution in [2.24, 2.45) is 5.92 Å². The molecule has 0 radical (unpaired) electrons. The molecule has 0 heterocycles. The molecular formula is C16H24O2. The molecule has 0 unspecified atom stereocenters. The van der Waals surface area contributed by atoms with E-state index in [0.29, 0.717) is 6.61 Å². The molecule has 1 aliphatic carbocycles. The first-order chi connectivity index (χ1) is 8.88. The third-order valence-electron chi connectivity index (χ3n) is 3.65. The Labute approximate surface area is 110 Å². The van der Waals surface area contributed by atoms with Crippen LogP contribution in [0.3, 0.4) is 0 Å². The summed E-state index contributed by atoms with van der Waals surface area (Å²) in [5.41, 5.74) is 0. The molecule has 18 heavy (non-hydrogen) atoms. The van der Waals surface area contributed by atoms with Gasteiger partial charge in [0.05, 0.1) is 13.2 Å².